The zero-order valence-corrected chi connectivity index (χ0v) is 22.8. The van der Waals surface area contributed by atoms with Crippen LogP contribution in [0.2, 0.25) is 0 Å². The van der Waals surface area contributed by atoms with Gasteiger partial charge in [0.25, 0.3) is 0 Å². The molecule has 36 heavy (non-hydrogen) atoms. The normalized spacial score (nSPS) is 10.5. The molecular formula is C32H27F2PTi-2. The molecular weight excluding hydrogens is 501 g/mol. The van der Waals surface area contributed by atoms with Crippen molar-refractivity contribution in [2.24, 2.45) is 0 Å². The van der Waals surface area contributed by atoms with E-state index in [4.69, 9.17) is 0 Å². The summed E-state index contributed by atoms with van der Waals surface area (Å²) in [5.41, 5.74) is 2.74. The van der Waals surface area contributed by atoms with Gasteiger partial charge in [-0.1, -0.05) is 85.3 Å². The van der Waals surface area contributed by atoms with E-state index in [-0.39, 0.29) is 0 Å². The Hall–Kier alpha value is -2.90. The van der Waals surface area contributed by atoms with Gasteiger partial charge in [0.2, 0.25) is 0 Å². The molecule has 0 saturated carbocycles. The number of fused-ring (bicyclic) bond motifs is 2. The van der Waals surface area contributed by atoms with Gasteiger partial charge in [0.05, 0.1) is 0 Å². The Morgan fingerprint density at radius 1 is 0.667 bits per heavy atom. The minimum atomic E-state index is -2.50. The molecule has 6 aromatic carbocycles. The van der Waals surface area contributed by atoms with Crippen LogP contribution in [0, 0.1) is 13.8 Å². The molecule has 0 aromatic heterocycles. The van der Waals surface area contributed by atoms with Crippen LogP contribution in [0.3, 0.4) is 0 Å². The van der Waals surface area contributed by atoms with Crippen molar-refractivity contribution in [3.8, 4) is 0 Å². The van der Waals surface area contributed by atoms with Gasteiger partial charge in [0, 0.05) is 0 Å². The van der Waals surface area contributed by atoms with Crippen molar-refractivity contribution in [2.75, 3.05) is 0 Å². The Bertz CT molecular complexity index is 1390. The fourth-order valence-electron chi connectivity index (χ4n) is 4.40. The number of rotatable bonds is 3. The van der Waals surface area contributed by atoms with Crippen LogP contribution in [0.25, 0.3) is 21.5 Å². The Morgan fingerprint density at radius 2 is 1.22 bits per heavy atom. The van der Waals surface area contributed by atoms with Crippen LogP contribution in [0.1, 0.15) is 11.1 Å². The summed E-state index contributed by atoms with van der Waals surface area (Å²) in [6.07, 6.45) is 0. The van der Waals surface area contributed by atoms with E-state index in [1.165, 1.54) is 48.6 Å². The molecule has 0 heterocycles. The van der Waals surface area contributed by atoms with E-state index in [2.05, 4.69) is 141 Å². The summed E-state index contributed by atoms with van der Waals surface area (Å²) in [6, 6.07) is 45.8. The Kier molecular flexibility index (Phi) is 9.37. The summed E-state index contributed by atoms with van der Waals surface area (Å²) in [6.45, 7) is 4.31. The fraction of sp³-hybridized carbons (Fsp3) is 0.0625. The first kappa shape index (κ1) is 26.2. The van der Waals surface area contributed by atoms with E-state index in [9.17, 15) is 6.18 Å². The minimum absolute atomic E-state index is 0.493. The Morgan fingerprint density at radius 3 is 1.81 bits per heavy atom. The first-order chi connectivity index (χ1) is 17.6. The summed E-state index contributed by atoms with van der Waals surface area (Å²) in [5, 5.41) is 9.68. The van der Waals surface area contributed by atoms with Gasteiger partial charge < -0.3 is 0 Å². The number of hydrogen-bond acceptors (Lipinski definition) is 0. The third kappa shape index (κ3) is 6.26. The van der Waals surface area contributed by atoms with Crippen LogP contribution in [0.15, 0.2) is 127 Å². The van der Waals surface area contributed by atoms with E-state index < -0.39 is 28.1 Å². The molecule has 6 rings (SSSR count). The van der Waals surface area contributed by atoms with E-state index >= 15 is 0 Å². The predicted octanol–water partition coefficient (Wildman–Crippen LogP) is 8.33. The monoisotopic (exact) mass is 528 g/mol. The number of halogens is 2. The van der Waals surface area contributed by atoms with Crippen molar-refractivity contribution in [3.05, 3.63) is 139 Å². The van der Waals surface area contributed by atoms with E-state index in [1.54, 1.807) is 0 Å². The molecule has 0 bridgehead atoms. The van der Waals surface area contributed by atoms with Gasteiger partial charge in [-0.3, -0.25) is 0 Å². The van der Waals surface area contributed by atoms with Gasteiger partial charge in [-0.2, -0.15) is 18.2 Å². The van der Waals surface area contributed by atoms with Crippen molar-refractivity contribution >= 4 is 45.4 Å². The van der Waals surface area contributed by atoms with E-state index in [0.717, 1.165) is 0 Å². The standard InChI is InChI=1S/C21H16P.C11H11.2FH.Ti/c1-3-11-19(12-4-1)22(20-13-5-2-6-14-20)21-15-17-9-7-8-10-18(17)16-21;1-8-6-7-9(2)11-5-3-4-10(8)11;;;/h1-16H;3-7H,1-2H3;2*1H;/q2*-1;;;+2/p-2. The molecule has 4 heteroatoms. The van der Waals surface area contributed by atoms with Gasteiger partial charge in [0.15, 0.2) is 0 Å². The maximum atomic E-state index is 9.75. The van der Waals surface area contributed by atoms with Gasteiger partial charge >= 0.3 is 26.4 Å². The van der Waals surface area contributed by atoms with Gasteiger partial charge in [-0.15, -0.1) is 68.8 Å². The third-order valence-electron chi connectivity index (χ3n) is 6.14. The molecule has 0 saturated heterocycles. The molecule has 0 fully saturated rings. The van der Waals surface area contributed by atoms with Crippen LogP contribution in [-0.2, 0) is 20.2 Å². The van der Waals surface area contributed by atoms with Gasteiger partial charge in [-0.05, 0) is 25.5 Å². The molecule has 6 aromatic rings. The molecule has 0 spiro atoms. The minimum Gasteiger partial charge on any atom is -0.160 e. The second-order valence-electron chi connectivity index (χ2n) is 8.47. The van der Waals surface area contributed by atoms with Crippen molar-refractivity contribution in [1.29, 1.82) is 0 Å². The zero-order valence-electron chi connectivity index (χ0n) is 20.3. The Balaban J connectivity index is 0.000000181. The van der Waals surface area contributed by atoms with Crippen molar-refractivity contribution in [2.45, 2.75) is 13.8 Å². The number of aryl methyl sites for hydroxylation is 2. The van der Waals surface area contributed by atoms with Crippen LogP contribution in [0.5, 0.6) is 0 Å². The molecule has 0 N–H and O–H groups in total. The number of benzene rings is 4. The SMILES string of the molecule is Cc1ccc(C)c2[cH-]ccc12.[F][Ti][F].c1ccc(P(c2ccccc2)c2cc3ccccc3[cH-]2)cc1. The molecule has 0 aliphatic carbocycles. The molecule has 0 unspecified atom stereocenters. The Labute approximate surface area is 223 Å². The second-order valence-corrected chi connectivity index (χ2v) is 10.9. The van der Waals surface area contributed by atoms with Crippen LogP contribution in [0.4, 0.5) is 6.18 Å². The summed E-state index contributed by atoms with van der Waals surface area (Å²) in [4.78, 5) is 0. The zero-order chi connectivity index (χ0) is 25.3. The maximum Gasteiger partial charge on any atom is -0.0166 e. The van der Waals surface area contributed by atoms with Crippen LogP contribution in [-0.4, -0.2) is 0 Å². The van der Waals surface area contributed by atoms with E-state index in [0.29, 0.717) is 0 Å². The molecule has 0 radical (unpaired) electrons. The predicted molar refractivity (Wildman–Crippen MR) is 149 cm³/mol. The van der Waals surface area contributed by atoms with Gasteiger partial charge in [0.1, 0.15) is 0 Å². The third-order valence-corrected chi connectivity index (χ3v) is 8.54. The first-order valence-corrected chi connectivity index (χ1v) is 14.3. The quantitative estimate of drug-likeness (QED) is 0.123. The largest absolute Gasteiger partial charge is 0.160 e. The topological polar surface area (TPSA) is 0 Å². The molecule has 0 aliphatic rings. The van der Waals surface area contributed by atoms with Crippen molar-refractivity contribution < 1.29 is 26.4 Å². The number of hydrogen-bond donors (Lipinski definition) is 0. The molecule has 0 aliphatic heterocycles. The first-order valence-electron chi connectivity index (χ1n) is 11.8. The summed E-state index contributed by atoms with van der Waals surface area (Å²) >= 11 is -2.50. The summed E-state index contributed by atoms with van der Waals surface area (Å²) in [5.74, 6) is 0. The molecule has 0 amide bonds. The smallest absolute Gasteiger partial charge is 0.0166 e. The van der Waals surface area contributed by atoms with E-state index in [1.807, 2.05) is 0 Å². The summed E-state index contributed by atoms with van der Waals surface area (Å²) in [7, 11) is -0.493. The fourth-order valence-corrected chi connectivity index (χ4v) is 6.77. The molecule has 180 valence electrons. The second kappa shape index (κ2) is 12.9. The average Bonchev–Trinajstić information content (AvgIpc) is 3.57. The summed E-state index contributed by atoms with van der Waals surface area (Å²) < 4.78 is 19.5. The van der Waals surface area contributed by atoms with Crippen molar-refractivity contribution in [1.82, 2.24) is 0 Å². The van der Waals surface area contributed by atoms with Crippen LogP contribution >= 0.6 is 7.92 Å². The van der Waals surface area contributed by atoms with Gasteiger partial charge in [-0.25, -0.2) is 0 Å². The maximum absolute atomic E-state index is 9.75. The van der Waals surface area contributed by atoms with Crippen LogP contribution < -0.4 is 15.9 Å². The van der Waals surface area contributed by atoms with Crippen molar-refractivity contribution in [3.63, 3.8) is 0 Å². The molecule has 0 nitrogen and oxygen atoms in total. The molecule has 0 atom stereocenters. The average molecular weight is 528 g/mol.